The fourth-order valence-corrected chi connectivity index (χ4v) is 2.30. The van der Waals surface area contributed by atoms with E-state index in [1.165, 1.54) is 5.56 Å². The number of nitrogens with zero attached hydrogens (tertiary/aromatic N) is 1. The first kappa shape index (κ1) is 10.5. The molecule has 88 valence electrons. The van der Waals surface area contributed by atoms with Crippen LogP contribution in [-0.2, 0) is 12.8 Å². The molecule has 1 aliphatic rings. The summed E-state index contributed by atoms with van der Waals surface area (Å²) in [4.78, 5) is 15.0. The van der Waals surface area contributed by atoms with E-state index >= 15 is 0 Å². The first-order valence-electron chi connectivity index (χ1n) is 5.55. The van der Waals surface area contributed by atoms with E-state index in [0.29, 0.717) is 5.56 Å². The van der Waals surface area contributed by atoms with Gasteiger partial charge in [-0.1, -0.05) is 0 Å². The van der Waals surface area contributed by atoms with Crippen molar-refractivity contribution in [3.63, 3.8) is 0 Å². The number of nitrogens with one attached hydrogen (secondary N) is 2. The molecule has 0 saturated carbocycles. The van der Waals surface area contributed by atoms with Crippen molar-refractivity contribution in [1.82, 2.24) is 15.2 Å². The van der Waals surface area contributed by atoms with Crippen molar-refractivity contribution in [2.45, 2.75) is 25.7 Å². The Balaban J connectivity index is 2.17. The molecular weight excluding hydrogens is 238 g/mol. The van der Waals surface area contributed by atoms with E-state index in [2.05, 4.69) is 15.2 Å². The van der Waals surface area contributed by atoms with Crippen molar-refractivity contribution in [3.05, 3.63) is 32.5 Å². The second-order valence-corrected chi connectivity index (χ2v) is 4.51. The highest BCUT2D eigenvalue weighted by molar-refractivity contribution is 7.71. The number of fused-ring (bicyclic) bond motifs is 1. The lowest BCUT2D eigenvalue weighted by Gasteiger charge is -2.15. The molecule has 0 bridgehead atoms. The standard InChI is InChI=1S/C11H11N3O2S/c15-9-7(10-13-14-11(17)16-10)5-6-3-1-2-4-8(6)12-9/h5H,1-4H2,(H,12,15)(H,14,17). The zero-order valence-electron chi connectivity index (χ0n) is 9.08. The van der Waals surface area contributed by atoms with Gasteiger partial charge in [0.05, 0.1) is 0 Å². The quantitative estimate of drug-likeness (QED) is 0.758. The van der Waals surface area contributed by atoms with Gasteiger partial charge in [-0.3, -0.25) is 4.79 Å². The minimum absolute atomic E-state index is 0.170. The van der Waals surface area contributed by atoms with Gasteiger partial charge in [0, 0.05) is 5.69 Å². The first-order valence-corrected chi connectivity index (χ1v) is 5.96. The van der Waals surface area contributed by atoms with E-state index in [9.17, 15) is 4.79 Å². The van der Waals surface area contributed by atoms with E-state index in [4.69, 9.17) is 16.6 Å². The molecule has 0 aliphatic heterocycles. The van der Waals surface area contributed by atoms with Crippen LogP contribution in [0.5, 0.6) is 0 Å². The third-order valence-electron chi connectivity index (χ3n) is 3.01. The second-order valence-electron chi connectivity index (χ2n) is 4.14. The molecular formula is C11H11N3O2S. The molecule has 0 unspecified atom stereocenters. The van der Waals surface area contributed by atoms with Gasteiger partial charge in [-0.05, 0) is 49.5 Å². The second kappa shape index (κ2) is 3.96. The van der Waals surface area contributed by atoms with Crippen LogP contribution in [0.15, 0.2) is 15.3 Å². The third kappa shape index (κ3) is 1.84. The summed E-state index contributed by atoms with van der Waals surface area (Å²) in [5, 5.41) is 6.40. The highest BCUT2D eigenvalue weighted by Crippen LogP contribution is 2.21. The number of H-pyrrole nitrogens is 2. The molecule has 0 saturated heterocycles. The first-order chi connectivity index (χ1) is 8.24. The van der Waals surface area contributed by atoms with E-state index in [-0.39, 0.29) is 16.3 Å². The van der Waals surface area contributed by atoms with Crippen molar-refractivity contribution >= 4 is 12.2 Å². The zero-order chi connectivity index (χ0) is 11.8. The van der Waals surface area contributed by atoms with Gasteiger partial charge < -0.3 is 9.40 Å². The Kier molecular flexibility index (Phi) is 2.44. The van der Waals surface area contributed by atoms with Gasteiger partial charge in [-0.15, -0.1) is 5.10 Å². The van der Waals surface area contributed by atoms with Gasteiger partial charge in [-0.2, -0.15) is 0 Å². The van der Waals surface area contributed by atoms with Gasteiger partial charge in [0.25, 0.3) is 16.3 Å². The molecule has 17 heavy (non-hydrogen) atoms. The summed E-state index contributed by atoms with van der Waals surface area (Å²) >= 11 is 4.80. The van der Waals surface area contributed by atoms with Crippen molar-refractivity contribution < 1.29 is 4.42 Å². The Morgan fingerprint density at radius 2 is 2.18 bits per heavy atom. The smallest absolute Gasteiger partial charge is 0.284 e. The molecule has 3 rings (SSSR count). The van der Waals surface area contributed by atoms with Crippen molar-refractivity contribution in [2.75, 3.05) is 0 Å². The summed E-state index contributed by atoms with van der Waals surface area (Å²) in [6.07, 6.45) is 4.22. The molecule has 2 aromatic rings. The van der Waals surface area contributed by atoms with E-state index in [1.54, 1.807) is 0 Å². The van der Waals surface area contributed by atoms with Crippen LogP contribution in [-0.4, -0.2) is 15.2 Å². The highest BCUT2D eigenvalue weighted by atomic mass is 32.1. The molecule has 5 nitrogen and oxygen atoms in total. The number of rotatable bonds is 1. The lowest BCUT2D eigenvalue weighted by atomic mass is 9.95. The fourth-order valence-electron chi connectivity index (χ4n) is 2.18. The lowest BCUT2D eigenvalue weighted by Crippen LogP contribution is -2.16. The predicted molar refractivity (Wildman–Crippen MR) is 64.4 cm³/mol. The van der Waals surface area contributed by atoms with Crippen LogP contribution in [0.25, 0.3) is 11.5 Å². The summed E-state index contributed by atoms with van der Waals surface area (Å²) < 4.78 is 5.17. The monoisotopic (exact) mass is 249 g/mol. The van der Waals surface area contributed by atoms with Gasteiger partial charge in [0.1, 0.15) is 5.56 Å². The van der Waals surface area contributed by atoms with Crippen molar-refractivity contribution in [1.29, 1.82) is 0 Å². The number of pyridine rings is 1. The molecule has 2 heterocycles. The number of aromatic amines is 2. The van der Waals surface area contributed by atoms with Gasteiger partial charge >= 0.3 is 0 Å². The molecule has 0 radical (unpaired) electrons. The number of aryl methyl sites for hydroxylation is 2. The maximum Gasteiger partial charge on any atom is 0.284 e. The maximum absolute atomic E-state index is 11.9. The highest BCUT2D eigenvalue weighted by Gasteiger charge is 2.16. The van der Waals surface area contributed by atoms with Crippen LogP contribution >= 0.6 is 12.2 Å². The number of hydrogen-bond donors (Lipinski definition) is 2. The Morgan fingerprint density at radius 1 is 1.35 bits per heavy atom. The van der Waals surface area contributed by atoms with Crippen LogP contribution in [0.2, 0.25) is 0 Å². The van der Waals surface area contributed by atoms with Crippen LogP contribution < -0.4 is 5.56 Å². The van der Waals surface area contributed by atoms with Crippen LogP contribution in [0.3, 0.4) is 0 Å². The van der Waals surface area contributed by atoms with E-state index in [0.717, 1.165) is 31.4 Å². The average molecular weight is 249 g/mol. The van der Waals surface area contributed by atoms with E-state index < -0.39 is 0 Å². The minimum atomic E-state index is -0.170. The SMILES string of the molecule is O=c1[nH]c2c(cc1-c1n[nH]c(=S)o1)CCCC2. The largest absolute Gasteiger partial charge is 0.409 e. The van der Waals surface area contributed by atoms with Gasteiger partial charge in [0.2, 0.25) is 0 Å². The van der Waals surface area contributed by atoms with Crippen molar-refractivity contribution in [2.24, 2.45) is 0 Å². The van der Waals surface area contributed by atoms with Gasteiger partial charge in [-0.25, -0.2) is 5.10 Å². The number of hydrogen-bond acceptors (Lipinski definition) is 4. The molecule has 0 atom stereocenters. The Morgan fingerprint density at radius 3 is 2.94 bits per heavy atom. The molecule has 0 spiro atoms. The van der Waals surface area contributed by atoms with Crippen LogP contribution in [0, 0.1) is 4.84 Å². The van der Waals surface area contributed by atoms with E-state index in [1.807, 2.05) is 6.07 Å². The molecule has 1 aliphatic carbocycles. The third-order valence-corrected chi connectivity index (χ3v) is 3.18. The number of aromatic nitrogens is 3. The predicted octanol–water partition coefficient (Wildman–Crippen LogP) is 1.97. The van der Waals surface area contributed by atoms with Crippen molar-refractivity contribution in [3.8, 4) is 11.5 Å². The van der Waals surface area contributed by atoms with Crippen LogP contribution in [0.1, 0.15) is 24.1 Å². The summed E-state index contributed by atoms with van der Waals surface area (Å²) in [5.74, 6) is 0.254. The minimum Gasteiger partial charge on any atom is -0.409 e. The molecule has 0 fully saturated rings. The maximum atomic E-state index is 11.9. The lowest BCUT2D eigenvalue weighted by molar-refractivity contribution is 0.550. The molecule has 2 aromatic heterocycles. The Labute approximate surface area is 102 Å². The summed E-state index contributed by atoms with van der Waals surface area (Å²) in [7, 11) is 0. The Bertz CT molecular complexity index is 668. The topological polar surface area (TPSA) is 74.7 Å². The summed E-state index contributed by atoms with van der Waals surface area (Å²) in [6, 6.07) is 1.86. The molecule has 0 amide bonds. The Hall–Kier alpha value is -1.69. The van der Waals surface area contributed by atoms with Gasteiger partial charge in [0.15, 0.2) is 0 Å². The fraction of sp³-hybridized carbons (Fsp3) is 0.364. The average Bonchev–Trinajstić information content (AvgIpc) is 2.75. The molecule has 0 aromatic carbocycles. The zero-order valence-corrected chi connectivity index (χ0v) is 9.89. The summed E-state index contributed by atoms with van der Waals surface area (Å²) in [6.45, 7) is 0. The molecule has 2 N–H and O–H groups in total. The normalized spacial score (nSPS) is 14.6. The molecule has 6 heteroatoms. The van der Waals surface area contributed by atoms with Crippen LogP contribution in [0.4, 0.5) is 0 Å². The summed E-state index contributed by atoms with van der Waals surface area (Å²) in [5.41, 5.74) is 2.49.